The number of carbonyl (C=O) groups is 1. The molecule has 19 heavy (non-hydrogen) atoms. The molecule has 2 rings (SSSR count). The van der Waals surface area contributed by atoms with Gasteiger partial charge in [-0.2, -0.15) is 0 Å². The van der Waals surface area contributed by atoms with E-state index >= 15 is 0 Å². The minimum atomic E-state index is -0.400. The topological polar surface area (TPSA) is 40.5 Å². The van der Waals surface area contributed by atoms with Crippen LogP contribution in [0.5, 0.6) is 0 Å². The zero-order valence-corrected chi connectivity index (χ0v) is 12.3. The van der Waals surface area contributed by atoms with Crippen molar-refractivity contribution in [2.75, 3.05) is 13.6 Å². The van der Waals surface area contributed by atoms with Gasteiger partial charge < -0.3 is 10.0 Å². The quantitative estimate of drug-likeness (QED) is 0.908. The molecule has 0 bridgehead atoms. The molecule has 3 nitrogen and oxygen atoms in total. The van der Waals surface area contributed by atoms with E-state index in [4.69, 9.17) is 23.2 Å². The lowest BCUT2D eigenvalue weighted by Gasteiger charge is -2.20. The molecule has 0 spiro atoms. The maximum atomic E-state index is 12.0. The Morgan fingerprint density at radius 1 is 1.42 bits per heavy atom. The van der Waals surface area contributed by atoms with E-state index in [2.05, 4.69) is 0 Å². The van der Waals surface area contributed by atoms with Crippen molar-refractivity contribution >= 4 is 29.1 Å². The minimum absolute atomic E-state index is 0.0295. The van der Waals surface area contributed by atoms with Crippen molar-refractivity contribution in [3.05, 3.63) is 33.8 Å². The molecule has 0 saturated heterocycles. The molecule has 0 heterocycles. The van der Waals surface area contributed by atoms with Crippen molar-refractivity contribution in [1.82, 2.24) is 4.90 Å². The number of halogens is 2. The van der Waals surface area contributed by atoms with Gasteiger partial charge in [-0.25, -0.2) is 0 Å². The fourth-order valence-electron chi connectivity index (χ4n) is 1.97. The molecule has 1 N–H and O–H groups in total. The summed E-state index contributed by atoms with van der Waals surface area (Å²) in [5.74, 6) is 0.346. The van der Waals surface area contributed by atoms with Crippen LogP contribution in [0, 0.1) is 5.92 Å². The van der Waals surface area contributed by atoms with Gasteiger partial charge in [-0.3, -0.25) is 4.79 Å². The first-order valence-electron chi connectivity index (χ1n) is 6.33. The largest absolute Gasteiger partial charge is 0.391 e. The second-order valence-corrected chi connectivity index (χ2v) is 5.92. The van der Waals surface area contributed by atoms with Gasteiger partial charge in [-0.05, 0) is 36.5 Å². The van der Waals surface area contributed by atoms with E-state index in [9.17, 15) is 9.90 Å². The van der Waals surface area contributed by atoms with Crippen LogP contribution in [0.15, 0.2) is 18.2 Å². The first-order valence-corrected chi connectivity index (χ1v) is 7.09. The highest BCUT2D eigenvalue weighted by Gasteiger charge is 2.31. The van der Waals surface area contributed by atoms with E-state index in [1.807, 2.05) is 0 Å². The highest BCUT2D eigenvalue weighted by atomic mass is 35.5. The third-order valence-corrected chi connectivity index (χ3v) is 4.13. The smallest absolute Gasteiger partial charge is 0.226 e. The third kappa shape index (κ3) is 4.10. The lowest BCUT2D eigenvalue weighted by Crippen LogP contribution is -2.36. The molecule has 1 aromatic carbocycles. The van der Waals surface area contributed by atoms with Gasteiger partial charge in [0.05, 0.1) is 22.6 Å². The summed E-state index contributed by atoms with van der Waals surface area (Å²) in [5.41, 5.74) is 0.826. The van der Waals surface area contributed by atoms with Crippen molar-refractivity contribution < 1.29 is 9.90 Å². The van der Waals surface area contributed by atoms with Gasteiger partial charge >= 0.3 is 0 Å². The van der Waals surface area contributed by atoms with Crippen molar-refractivity contribution in [3.8, 4) is 0 Å². The maximum absolute atomic E-state index is 12.0. The molecule has 104 valence electrons. The fraction of sp³-hybridized carbons (Fsp3) is 0.500. The summed E-state index contributed by atoms with van der Waals surface area (Å²) in [6.07, 6.45) is 2.00. The summed E-state index contributed by atoms with van der Waals surface area (Å²) in [6, 6.07) is 5.18. The predicted octanol–water partition coefficient (Wildman–Crippen LogP) is 2.77. The molecule has 0 radical (unpaired) electrons. The number of carbonyl (C=O) groups excluding carboxylic acids is 1. The number of hydrogen-bond acceptors (Lipinski definition) is 2. The number of benzene rings is 1. The lowest BCUT2D eigenvalue weighted by atomic mass is 10.1. The predicted molar refractivity (Wildman–Crippen MR) is 76.5 cm³/mol. The van der Waals surface area contributed by atoms with Gasteiger partial charge in [0.1, 0.15) is 0 Å². The van der Waals surface area contributed by atoms with E-state index < -0.39 is 6.10 Å². The van der Waals surface area contributed by atoms with E-state index in [1.165, 1.54) is 0 Å². The Labute approximate surface area is 123 Å². The molecule has 0 aliphatic heterocycles. The number of rotatable bonds is 5. The number of nitrogens with zero attached hydrogens (tertiary/aromatic N) is 1. The Morgan fingerprint density at radius 3 is 2.68 bits per heavy atom. The Kier molecular flexibility index (Phi) is 4.71. The third-order valence-electron chi connectivity index (χ3n) is 3.39. The van der Waals surface area contributed by atoms with Gasteiger partial charge in [0.15, 0.2) is 0 Å². The van der Waals surface area contributed by atoms with Crippen molar-refractivity contribution in [1.29, 1.82) is 0 Å². The molecule has 1 aliphatic carbocycles. The normalized spacial score (nSPS) is 16.2. The standard InChI is InChI=1S/C14H17Cl2NO2/c1-17(8-13(18)10-3-4-10)14(19)7-9-2-5-11(15)12(16)6-9/h2,5-6,10,13,18H,3-4,7-8H2,1H3/t13-/m0/s1. The Balaban J connectivity index is 1.90. The molecule has 1 saturated carbocycles. The lowest BCUT2D eigenvalue weighted by molar-refractivity contribution is -0.130. The molecular weight excluding hydrogens is 285 g/mol. The molecule has 1 atom stereocenters. The molecule has 1 amide bonds. The molecule has 0 aromatic heterocycles. The SMILES string of the molecule is CN(C[C@H](O)C1CC1)C(=O)Cc1ccc(Cl)c(Cl)c1. The zero-order chi connectivity index (χ0) is 14.0. The second kappa shape index (κ2) is 6.12. The summed E-state index contributed by atoms with van der Waals surface area (Å²) < 4.78 is 0. The van der Waals surface area contributed by atoms with Crippen molar-refractivity contribution in [2.24, 2.45) is 5.92 Å². The Hall–Kier alpha value is -0.770. The van der Waals surface area contributed by atoms with Gasteiger partial charge in [-0.1, -0.05) is 29.3 Å². The molecule has 1 aromatic rings. The molecule has 1 fully saturated rings. The van der Waals surface area contributed by atoms with Gasteiger partial charge in [-0.15, -0.1) is 0 Å². The summed E-state index contributed by atoms with van der Waals surface area (Å²) in [7, 11) is 1.71. The van der Waals surface area contributed by atoms with Gasteiger partial charge in [0.25, 0.3) is 0 Å². The first kappa shape index (κ1) is 14.6. The van der Waals surface area contributed by atoms with Crippen LogP contribution in [0.2, 0.25) is 10.0 Å². The number of amides is 1. The van der Waals surface area contributed by atoms with Crippen LogP contribution in [0.4, 0.5) is 0 Å². The average Bonchev–Trinajstić information content (AvgIpc) is 3.17. The van der Waals surface area contributed by atoms with Crippen LogP contribution in [-0.2, 0) is 11.2 Å². The van der Waals surface area contributed by atoms with Crippen LogP contribution in [0.25, 0.3) is 0 Å². The van der Waals surface area contributed by atoms with Crippen molar-refractivity contribution in [2.45, 2.75) is 25.4 Å². The summed E-state index contributed by atoms with van der Waals surface area (Å²) in [5, 5.41) is 10.8. The van der Waals surface area contributed by atoms with Crippen LogP contribution in [0.3, 0.4) is 0 Å². The van der Waals surface area contributed by atoms with Crippen LogP contribution < -0.4 is 0 Å². The van der Waals surface area contributed by atoms with Gasteiger partial charge in [0, 0.05) is 13.6 Å². The van der Waals surface area contributed by atoms with E-state index in [1.54, 1.807) is 30.1 Å². The summed E-state index contributed by atoms with van der Waals surface area (Å²) >= 11 is 11.7. The summed E-state index contributed by atoms with van der Waals surface area (Å²) in [4.78, 5) is 13.6. The van der Waals surface area contributed by atoms with E-state index in [-0.39, 0.29) is 12.3 Å². The zero-order valence-electron chi connectivity index (χ0n) is 10.8. The molecule has 0 unspecified atom stereocenters. The number of hydrogen-bond donors (Lipinski definition) is 1. The fourth-order valence-corrected chi connectivity index (χ4v) is 2.29. The van der Waals surface area contributed by atoms with Gasteiger partial charge in [0.2, 0.25) is 5.91 Å². The first-order chi connectivity index (χ1) is 8.97. The van der Waals surface area contributed by atoms with E-state index in [0.29, 0.717) is 22.5 Å². The van der Waals surface area contributed by atoms with E-state index in [0.717, 1.165) is 18.4 Å². The molecule has 5 heteroatoms. The number of aliphatic hydroxyl groups is 1. The molecule has 1 aliphatic rings. The van der Waals surface area contributed by atoms with Crippen LogP contribution in [-0.4, -0.2) is 35.6 Å². The average molecular weight is 302 g/mol. The van der Waals surface area contributed by atoms with Crippen LogP contribution >= 0.6 is 23.2 Å². The monoisotopic (exact) mass is 301 g/mol. The second-order valence-electron chi connectivity index (χ2n) is 5.10. The molecular formula is C14H17Cl2NO2. The maximum Gasteiger partial charge on any atom is 0.226 e. The Bertz CT molecular complexity index is 475. The number of aliphatic hydroxyl groups excluding tert-OH is 1. The highest BCUT2D eigenvalue weighted by Crippen LogP contribution is 2.32. The van der Waals surface area contributed by atoms with Crippen LogP contribution in [0.1, 0.15) is 18.4 Å². The van der Waals surface area contributed by atoms with Crippen molar-refractivity contribution in [3.63, 3.8) is 0 Å². The number of likely N-dealkylation sites (N-methyl/N-ethyl adjacent to an activating group) is 1. The summed E-state index contributed by atoms with van der Waals surface area (Å²) in [6.45, 7) is 0.394. The highest BCUT2D eigenvalue weighted by molar-refractivity contribution is 6.42. The Morgan fingerprint density at radius 2 is 2.11 bits per heavy atom. The minimum Gasteiger partial charge on any atom is -0.391 e.